The fraction of sp³-hybridized carbons (Fsp3) is 0.250. The Morgan fingerprint density at radius 2 is 1.03 bits per heavy atom. The number of allylic oxidation sites excluding steroid dienone is 1. The number of fused-ring (bicyclic) bond motifs is 5. The van der Waals surface area contributed by atoms with Gasteiger partial charge in [0.05, 0.1) is 5.69 Å². The van der Waals surface area contributed by atoms with E-state index in [4.69, 9.17) is 4.42 Å². The van der Waals surface area contributed by atoms with E-state index in [9.17, 15) is 0 Å². The zero-order valence-corrected chi connectivity index (χ0v) is 47.9. The first-order chi connectivity index (χ1) is 36.4. The van der Waals surface area contributed by atoms with E-state index in [1.807, 2.05) is 24.3 Å². The molecule has 77 heavy (non-hydrogen) atoms. The molecule has 0 bridgehead atoms. The zero-order chi connectivity index (χ0) is 54.7. The SMILES string of the molecule is C=C/C(c1cc(C)c(N2c3cc(N(c4ccccc4)c4ccc(C(C)(C)C)cc4)ccc3B3c4cc(C(C)(C)C)ccc4N(c4ccc(C(C)(C)C)cc4)c4cc(C(C)(C)C)cc2c43)c(C)c1)=c1/oc2ccccc2c1=C. The number of nitrogens with zero attached hydrogens (tertiary/aromatic N) is 3. The van der Waals surface area contributed by atoms with E-state index in [0.717, 1.165) is 78.0 Å². The quantitative estimate of drug-likeness (QED) is 0.148. The topological polar surface area (TPSA) is 22.9 Å². The van der Waals surface area contributed by atoms with Crippen molar-refractivity contribution in [2.45, 2.75) is 119 Å². The summed E-state index contributed by atoms with van der Waals surface area (Å²) >= 11 is 0. The molecule has 11 rings (SSSR count). The summed E-state index contributed by atoms with van der Waals surface area (Å²) in [6.45, 7) is 41.1. The van der Waals surface area contributed by atoms with Crippen molar-refractivity contribution in [1.82, 2.24) is 0 Å². The summed E-state index contributed by atoms with van der Waals surface area (Å²) in [7, 11) is 0. The molecule has 0 aliphatic carbocycles. The molecule has 2 aliphatic rings. The number of hydrogen-bond donors (Lipinski definition) is 0. The summed E-state index contributed by atoms with van der Waals surface area (Å²) in [5.74, 6) is 0. The third-order valence-corrected chi connectivity index (χ3v) is 16.2. The van der Waals surface area contributed by atoms with Gasteiger partial charge in [-0.25, -0.2) is 0 Å². The van der Waals surface area contributed by atoms with E-state index in [2.05, 4.69) is 270 Å². The van der Waals surface area contributed by atoms with Crippen molar-refractivity contribution in [1.29, 1.82) is 0 Å². The third-order valence-electron chi connectivity index (χ3n) is 16.2. The van der Waals surface area contributed by atoms with Gasteiger partial charge in [-0.2, -0.15) is 0 Å². The fourth-order valence-electron chi connectivity index (χ4n) is 11.9. The molecule has 8 aromatic carbocycles. The summed E-state index contributed by atoms with van der Waals surface area (Å²) in [5, 5.41) is 1.88. The minimum atomic E-state index is -0.184. The molecule has 386 valence electrons. The van der Waals surface area contributed by atoms with Crippen molar-refractivity contribution in [3.05, 3.63) is 226 Å². The van der Waals surface area contributed by atoms with Crippen LogP contribution in [0.15, 0.2) is 181 Å². The summed E-state index contributed by atoms with van der Waals surface area (Å²) in [6, 6.07) is 61.7. The molecule has 0 atom stereocenters. The summed E-state index contributed by atoms with van der Waals surface area (Å²) in [4.78, 5) is 7.60. The number of para-hydroxylation sites is 2. The monoisotopic (exact) mass is 1010 g/mol. The first-order valence-electron chi connectivity index (χ1n) is 27.5. The highest BCUT2D eigenvalue weighted by atomic mass is 16.3. The summed E-state index contributed by atoms with van der Waals surface area (Å²) < 4.78 is 6.58. The minimum absolute atomic E-state index is 0.0165. The molecule has 0 unspecified atom stereocenters. The average molecular weight is 1010 g/mol. The molecule has 0 spiro atoms. The maximum Gasteiger partial charge on any atom is 0.252 e. The molecule has 0 saturated carbocycles. The second-order valence-electron chi connectivity index (χ2n) is 25.8. The van der Waals surface area contributed by atoms with E-state index in [1.165, 1.54) is 55.7 Å². The van der Waals surface area contributed by atoms with E-state index < -0.39 is 0 Å². The standard InChI is InChI=1S/C72H74BN3O/c1-17-57(68-47(4)58-25-21-22-26-65(58)77-68)48-39-45(2)67(46(3)40-48)76-62-44-56(74(53-23-19-18-20-24-53)54-32-27-49(28-33-54)69(5,6)7)36-37-59(62)73-60-41-51(71(11,12)13)31-38-61(60)75(55-34-29-50(30-35-55)70(8,9)10)63-42-52(72(14,15)16)43-64(76)66(63)73/h17-44H,1,4H2,2-3,5-16H3/b68-57-. The summed E-state index contributed by atoms with van der Waals surface area (Å²) in [6.07, 6.45) is 1.93. The van der Waals surface area contributed by atoms with Gasteiger partial charge in [0.1, 0.15) is 11.0 Å². The largest absolute Gasteiger partial charge is 0.455 e. The van der Waals surface area contributed by atoms with Crippen LogP contribution in [0.2, 0.25) is 0 Å². The van der Waals surface area contributed by atoms with Gasteiger partial charge in [-0.05, 0) is 176 Å². The molecule has 0 N–H and O–H groups in total. The van der Waals surface area contributed by atoms with Crippen molar-refractivity contribution in [3.63, 3.8) is 0 Å². The number of benzene rings is 8. The van der Waals surface area contributed by atoms with E-state index in [0.29, 0.717) is 0 Å². The van der Waals surface area contributed by atoms with Gasteiger partial charge >= 0.3 is 0 Å². The molecule has 0 fully saturated rings. The number of aryl methyl sites for hydroxylation is 2. The molecule has 0 radical (unpaired) electrons. The molecule has 4 nitrogen and oxygen atoms in total. The Bertz CT molecular complexity index is 3890. The zero-order valence-electron chi connectivity index (χ0n) is 47.9. The number of hydrogen-bond acceptors (Lipinski definition) is 4. The number of rotatable bonds is 7. The van der Waals surface area contributed by atoms with Crippen LogP contribution in [0.1, 0.15) is 122 Å². The van der Waals surface area contributed by atoms with Crippen LogP contribution in [0.3, 0.4) is 0 Å². The predicted molar refractivity (Wildman–Crippen MR) is 333 cm³/mol. The maximum atomic E-state index is 6.58. The van der Waals surface area contributed by atoms with Crippen molar-refractivity contribution in [2.24, 2.45) is 0 Å². The van der Waals surface area contributed by atoms with Gasteiger partial charge in [0, 0.05) is 61.7 Å². The van der Waals surface area contributed by atoms with Gasteiger partial charge in [-0.15, -0.1) is 0 Å². The second kappa shape index (κ2) is 18.5. The first-order valence-corrected chi connectivity index (χ1v) is 27.5. The molecule has 9 aromatic rings. The number of furan rings is 1. The molecule has 3 heterocycles. The van der Waals surface area contributed by atoms with E-state index in [1.54, 1.807) is 0 Å². The lowest BCUT2D eigenvalue weighted by Gasteiger charge is -2.46. The van der Waals surface area contributed by atoms with E-state index >= 15 is 0 Å². The Hall–Kier alpha value is -7.76. The Labute approximate surface area is 458 Å². The van der Waals surface area contributed by atoms with Gasteiger partial charge in [0.15, 0.2) is 0 Å². The number of anilines is 9. The fourth-order valence-corrected chi connectivity index (χ4v) is 11.9. The van der Waals surface area contributed by atoms with E-state index in [-0.39, 0.29) is 28.4 Å². The van der Waals surface area contributed by atoms with Gasteiger partial charge in [0.25, 0.3) is 6.71 Å². The van der Waals surface area contributed by atoms with Gasteiger partial charge < -0.3 is 19.1 Å². The van der Waals surface area contributed by atoms with Crippen molar-refractivity contribution in [2.75, 3.05) is 14.7 Å². The lowest BCUT2D eigenvalue weighted by molar-refractivity contribution is 0.573. The maximum absolute atomic E-state index is 6.58. The second-order valence-corrected chi connectivity index (χ2v) is 25.8. The Balaban J connectivity index is 1.24. The molecular formula is C72H74BN3O. The van der Waals surface area contributed by atoms with Crippen LogP contribution in [0.5, 0.6) is 0 Å². The van der Waals surface area contributed by atoms with Crippen LogP contribution in [0.25, 0.3) is 23.1 Å². The Kier molecular flexibility index (Phi) is 12.3. The highest BCUT2D eigenvalue weighted by Gasteiger charge is 2.45. The third kappa shape index (κ3) is 8.92. The van der Waals surface area contributed by atoms with Crippen molar-refractivity contribution in [3.8, 4) is 0 Å². The van der Waals surface area contributed by atoms with Crippen LogP contribution in [0, 0.1) is 13.8 Å². The smallest absolute Gasteiger partial charge is 0.252 e. The Morgan fingerprint density at radius 1 is 0.494 bits per heavy atom. The van der Waals surface area contributed by atoms with Gasteiger partial charge in [-0.3, -0.25) is 0 Å². The molecule has 0 saturated heterocycles. The van der Waals surface area contributed by atoms with Crippen LogP contribution >= 0.6 is 0 Å². The van der Waals surface area contributed by atoms with Crippen LogP contribution in [0.4, 0.5) is 51.2 Å². The molecule has 1 aromatic heterocycles. The normalized spacial score (nSPS) is 13.8. The highest BCUT2D eigenvalue weighted by molar-refractivity contribution is 7.00. The minimum Gasteiger partial charge on any atom is -0.455 e. The highest BCUT2D eigenvalue weighted by Crippen LogP contribution is 2.50. The molecule has 2 aliphatic heterocycles. The lowest BCUT2D eigenvalue weighted by atomic mass is 9.33. The van der Waals surface area contributed by atoms with Crippen LogP contribution in [-0.4, -0.2) is 6.71 Å². The van der Waals surface area contributed by atoms with Crippen molar-refractivity contribution >= 4 is 97.4 Å². The van der Waals surface area contributed by atoms with Gasteiger partial charge in [0.2, 0.25) is 0 Å². The Morgan fingerprint density at radius 3 is 1.61 bits per heavy atom. The lowest BCUT2D eigenvalue weighted by Crippen LogP contribution is -2.61. The van der Waals surface area contributed by atoms with Crippen molar-refractivity contribution < 1.29 is 4.42 Å². The summed E-state index contributed by atoms with van der Waals surface area (Å²) in [5.41, 5.74) is 25.0. The first kappa shape index (κ1) is 51.4. The van der Waals surface area contributed by atoms with Crippen LogP contribution in [-0.2, 0) is 21.7 Å². The van der Waals surface area contributed by atoms with Gasteiger partial charge in [-0.1, -0.05) is 181 Å². The molecule has 5 heteroatoms. The molecular weight excluding hydrogens is 934 g/mol. The molecule has 0 amide bonds. The van der Waals surface area contributed by atoms with Crippen LogP contribution < -0.4 is 41.7 Å². The average Bonchev–Trinajstić information content (AvgIpc) is 3.91. The predicted octanol–water partition coefficient (Wildman–Crippen LogP) is 16.6.